The van der Waals surface area contributed by atoms with Crippen LogP contribution in [0.5, 0.6) is 0 Å². The molecule has 0 saturated carbocycles. The van der Waals surface area contributed by atoms with Crippen LogP contribution in [0, 0.1) is 0 Å². The molecule has 20 heavy (non-hydrogen) atoms. The highest BCUT2D eigenvalue weighted by molar-refractivity contribution is 5.85. The first-order valence-corrected chi connectivity index (χ1v) is 6.77. The third kappa shape index (κ3) is 5.30. The lowest BCUT2D eigenvalue weighted by atomic mass is 9.85. The highest BCUT2D eigenvalue weighted by atomic mass is 16.5. The van der Waals surface area contributed by atoms with Gasteiger partial charge in [-0.15, -0.1) is 0 Å². The van der Waals surface area contributed by atoms with Crippen LogP contribution in [-0.4, -0.2) is 18.6 Å². The van der Waals surface area contributed by atoms with E-state index in [9.17, 15) is 9.59 Å². The van der Waals surface area contributed by atoms with E-state index in [1.165, 1.54) is 0 Å². The van der Waals surface area contributed by atoms with E-state index in [-0.39, 0.29) is 12.0 Å². The van der Waals surface area contributed by atoms with E-state index in [4.69, 9.17) is 4.74 Å². The van der Waals surface area contributed by atoms with Crippen molar-refractivity contribution in [2.75, 3.05) is 6.61 Å². The van der Waals surface area contributed by atoms with Crippen LogP contribution in [-0.2, 0) is 14.9 Å². The third-order valence-corrected chi connectivity index (χ3v) is 2.96. The fourth-order valence-corrected chi connectivity index (χ4v) is 1.49. The minimum Gasteiger partial charge on any atom is -0.465 e. The van der Waals surface area contributed by atoms with Crippen molar-refractivity contribution in [1.29, 1.82) is 0 Å². The van der Waals surface area contributed by atoms with Gasteiger partial charge in [0.15, 0.2) is 0 Å². The van der Waals surface area contributed by atoms with Crippen molar-refractivity contribution in [2.24, 2.45) is 0 Å². The van der Waals surface area contributed by atoms with Crippen LogP contribution in [0.1, 0.15) is 39.2 Å². The molecule has 0 spiro atoms. The highest BCUT2D eigenvalue weighted by Gasteiger charge is 2.30. The summed E-state index contributed by atoms with van der Waals surface area (Å²) in [5.74, 6) is -0.146. The van der Waals surface area contributed by atoms with Gasteiger partial charge < -0.3 is 4.74 Å². The highest BCUT2D eigenvalue weighted by Crippen LogP contribution is 2.24. The number of amides is 2. The molecule has 2 amide bonds. The average Bonchev–Trinajstić information content (AvgIpc) is 3.23. The Kier molecular flexibility index (Phi) is 6.03. The first-order chi connectivity index (χ1) is 9.48. The number of carbonyl (C=O) groups is 2. The number of hydrazine groups is 1. The summed E-state index contributed by atoms with van der Waals surface area (Å²) < 4.78 is 5.26. The molecule has 2 N–H and O–H groups in total. The summed E-state index contributed by atoms with van der Waals surface area (Å²) >= 11 is 0. The van der Waals surface area contributed by atoms with Gasteiger partial charge in [-0.25, -0.2) is 15.6 Å². The zero-order valence-electron chi connectivity index (χ0n) is 12.2. The van der Waals surface area contributed by atoms with E-state index < -0.39 is 5.41 Å². The van der Waals surface area contributed by atoms with Crippen LogP contribution in [0.15, 0.2) is 30.3 Å². The Labute approximate surface area is 119 Å². The summed E-state index contributed by atoms with van der Waals surface area (Å²) in [4.78, 5) is 21.3. The molecule has 2 rings (SSSR count). The van der Waals surface area contributed by atoms with E-state index in [0.717, 1.165) is 18.4 Å². The zero-order valence-corrected chi connectivity index (χ0v) is 12.2. The van der Waals surface area contributed by atoms with Crippen molar-refractivity contribution in [1.82, 2.24) is 10.9 Å². The molecule has 5 heteroatoms. The molecule has 0 bridgehead atoms. The van der Waals surface area contributed by atoms with Crippen molar-refractivity contribution >= 4 is 12.0 Å². The van der Waals surface area contributed by atoms with Crippen molar-refractivity contribution in [2.45, 2.75) is 39.0 Å². The van der Waals surface area contributed by atoms with Crippen molar-refractivity contribution in [3.63, 3.8) is 0 Å². The first-order valence-electron chi connectivity index (χ1n) is 6.77. The molecule has 0 atom stereocenters. The Balaban J connectivity index is 0.000000425. The van der Waals surface area contributed by atoms with Gasteiger partial charge in [0, 0.05) is 0 Å². The number of unbranched alkanes of at least 4 members (excludes halogenated alkanes) is 1. The summed E-state index contributed by atoms with van der Waals surface area (Å²) in [5, 5.41) is 0. The lowest BCUT2D eigenvalue weighted by Gasteiger charge is -2.22. The maximum absolute atomic E-state index is 11.9. The Morgan fingerprint density at radius 2 is 1.75 bits per heavy atom. The molecule has 1 fully saturated rings. The Hall–Kier alpha value is -2.04. The molecule has 110 valence electrons. The van der Waals surface area contributed by atoms with E-state index in [1.807, 2.05) is 44.2 Å². The predicted molar refractivity (Wildman–Crippen MR) is 77.0 cm³/mol. The molecule has 0 aromatic heterocycles. The summed E-state index contributed by atoms with van der Waals surface area (Å²) in [6.45, 7) is 6.40. The minimum atomic E-state index is -0.561. The van der Waals surface area contributed by atoms with Gasteiger partial charge in [-0.2, -0.15) is 0 Å². The quantitative estimate of drug-likeness (QED) is 0.493. The number of benzene rings is 1. The second-order valence-corrected chi connectivity index (χ2v) is 5.06. The summed E-state index contributed by atoms with van der Waals surface area (Å²) in [6.07, 6.45) is 1.97. The SMILES string of the molecule is CCCCOC(=O)C(C)(C)c1ccccc1.O=C1NN1. The molecule has 1 aromatic carbocycles. The number of urea groups is 1. The second-order valence-electron chi connectivity index (χ2n) is 5.06. The fourth-order valence-electron chi connectivity index (χ4n) is 1.49. The van der Waals surface area contributed by atoms with Crippen LogP contribution >= 0.6 is 0 Å². The number of nitrogens with one attached hydrogen (secondary N) is 2. The van der Waals surface area contributed by atoms with E-state index in [2.05, 4.69) is 17.8 Å². The van der Waals surface area contributed by atoms with E-state index in [0.29, 0.717) is 6.61 Å². The molecule has 0 radical (unpaired) electrons. The van der Waals surface area contributed by atoms with Crippen LogP contribution in [0.25, 0.3) is 0 Å². The van der Waals surface area contributed by atoms with Gasteiger partial charge in [0.2, 0.25) is 0 Å². The van der Waals surface area contributed by atoms with Gasteiger partial charge in [0.05, 0.1) is 12.0 Å². The monoisotopic (exact) mass is 278 g/mol. The third-order valence-electron chi connectivity index (χ3n) is 2.96. The molecule has 1 aromatic rings. The molecule has 5 nitrogen and oxygen atoms in total. The minimum absolute atomic E-state index is 0.0833. The summed E-state index contributed by atoms with van der Waals surface area (Å²) in [7, 11) is 0. The van der Waals surface area contributed by atoms with Crippen LogP contribution in [0.2, 0.25) is 0 Å². The van der Waals surface area contributed by atoms with Gasteiger partial charge >= 0.3 is 12.0 Å². The zero-order chi connectivity index (χ0) is 15.0. The lowest BCUT2D eigenvalue weighted by Crippen LogP contribution is -2.31. The smallest absolute Gasteiger partial charge is 0.352 e. The maximum atomic E-state index is 11.9. The number of hydrogen-bond donors (Lipinski definition) is 2. The standard InChI is InChI=1S/C14H20O2.CH2N2O/c1-4-5-11-16-13(15)14(2,3)12-9-7-6-8-10-12;4-1-2-3-1/h6-10H,4-5,11H2,1-3H3;(H2,2,3,4). The van der Waals surface area contributed by atoms with Crippen LogP contribution in [0.4, 0.5) is 4.79 Å². The van der Waals surface area contributed by atoms with Gasteiger partial charge in [0.25, 0.3) is 0 Å². The van der Waals surface area contributed by atoms with Gasteiger partial charge in [-0.3, -0.25) is 4.79 Å². The number of ether oxygens (including phenoxy) is 1. The molecule has 1 saturated heterocycles. The number of esters is 1. The Morgan fingerprint density at radius 3 is 2.20 bits per heavy atom. The molecule has 0 unspecified atom stereocenters. The second kappa shape index (κ2) is 7.53. The topological polar surface area (TPSA) is 87.2 Å². The van der Waals surface area contributed by atoms with E-state index in [1.54, 1.807) is 0 Å². The summed E-state index contributed by atoms with van der Waals surface area (Å²) in [5.41, 5.74) is 4.85. The molecular weight excluding hydrogens is 256 g/mol. The predicted octanol–water partition coefficient (Wildman–Crippen LogP) is 2.52. The number of carbonyl (C=O) groups excluding carboxylic acids is 2. The van der Waals surface area contributed by atoms with Gasteiger partial charge in [-0.1, -0.05) is 43.7 Å². The molecule has 0 aliphatic carbocycles. The normalized spacial score (nSPS) is 12.4. The molecule has 1 aliphatic heterocycles. The van der Waals surface area contributed by atoms with Crippen LogP contribution < -0.4 is 10.9 Å². The Morgan fingerprint density at radius 1 is 1.20 bits per heavy atom. The number of hydrogen-bond acceptors (Lipinski definition) is 3. The van der Waals surface area contributed by atoms with Crippen molar-refractivity contribution < 1.29 is 14.3 Å². The maximum Gasteiger partial charge on any atom is 0.352 e. The van der Waals surface area contributed by atoms with Crippen LogP contribution in [0.3, 0.4) is 0 Å². The van der Waals surface area contributed by atoms with Gasteiger partial charge in [-0.05, 0) is 25.8 Å². The van der Waals surface area contributed by atoms with E-state index >= 15 is 0 Å². The average molecular weight is 278 g/mol. The van der Waals surface area contributed by atoms with Crippen molar-refractivity contribution in [3.05, 3.63) is 35.9 Å². The molecular formula is C15H22N2O3. The Bertz CT molecular complexity index is 438. The van der Waals surface area contributed by atoms with Crippen molar-refractivity contribution in [3.8, 4) is 0 Å². The molecule has 1 heterocycles. The largest absolute Gasteiger partial charge is 0.465 e. The fraction of sp³-hybridized carbons (Fsp3) is 0.467. The van der Waals surface area contributed by atoms with Gasteiger partial charge in [0.1, 0.15) is 0 Å². The molecule has 1 aliphatic rings. The summed E-state index contributed by atoms with van der Waals surface area (Å²) in [6, 6.07) is 9.66. The first kappa shape index (κ1) is 16.0. The number of rotatable bonds is 5. The lowest BCUT2D eigenvalue weighted by molar-refractivity contribution is -0.149.